The summed E-state index contributed by atoms with van der Waals surface area (Å²) in [6.45, 7) is 10.1. The molecule has 0 spiro atoms. The molecule has 3 aromatic rings. The lowest BCUT2D eigenvalue weighted by Gasteiger charge is -2.29. The Morgan fingerprint density at radius 3 is 1.83 bits per heavy atom. The molecule has 1 fully saturated rings. The van der Waals surface area contributed by atoms with Crippen molar-refractivity contribution in [2.75, 3.05) is 46.1 Å². The number of likely N-dealkylation sites (tertiary alicyclic amines) is 1. The van der Waals surface area contributed by atoms with Crippen LogP contribution >= 0.6 is 11.6 Å². The summed E-state index contributed by atoms with van der Waals surface area (Å²) in [5.74, 6) is 2.30. The maximum absolute atomic E-state index is 13.2. The number of aliphatic hydroxyl groups excluding tert-OH is 1. The van der Waals surface area contributed by atoms with E-state index in [1.54, 1.807) is 12.1 Å². The minimum Gasteiger partial charge on any atom is -0.494 e. The molecular weight excluding hydrogens is 554 g/mol. The largest absolute Gasteiger partial charge is 0.494 e. The van der Waals surface area contributed by atoms with Crippen LogP contribution in [0.2, 0.25) is 5.02 Å². The van der Waals surface area contributed by atoms with E-state index in [1.165, 1.54) is 0 Å². The molecule has 1 heterocycles. The second-order valence-electron chi connectivity index (χ2n) is 10.2. The van der Waals surface area contributed by atoms with E-state index in [9.17, 15) is 9.90 Å². The van der Waals surface area contributed by atoms with E-state index < -0.39 is 12.0 Å². The minimum absolute atomic E-state index is 0.107. The van der Waals surface area contributed by atoms with Gasteiger partial charge < -0.3 is 29.0 Å². The molecule has 0 unspecified atom stereocenters. The molecule has 42 heavy (non-hydrogen) atoms. The standard InChI is InChI=1S/C34H40ClNO6/c1-3-39-28-14-16-31(17-15-28)40-21-18-33(37)25(2)32(24-36-19-4-5-20-36)34(38)26-6-10-29(11-7-26)41-22-23-42-30-12-8-27(35)9-13-30/h6-17,32,34,38H,2-5,18-24H2,1H3/t32-,34+/m0/s1. The zero-order valence-corrected chi connectivity index (χ0v) is 24.9. The van der Waals surface area contributed by atoms with E-state index in [4.69, 9.17) is 30.5 Å². The Morgan fingerprint density at radius 1 is 0.810 bits per heavy atom. The van der Waals surface area contributed by atoms with Crippen molar-refractivity contribution in [1.29, 1.82) is 0 Å². The molecule has 1 N–H and O–H groups in total. The number of hydrogen-bond acceptors (Lipinski definition) is 7. The van der Waals surface area contributed by atoms with Crippen LogP contribution in [0.5, 0.6) is 23.0 Å². The van der Waals surface area contributed by atoms with E-state index in [0.29, 0.717) is 54.0 Å². The maximum Gasteiger partial charge on any atom is 0.162 e. The monoisotopic (exact) mass is 593 g/mol. The summed E-state index contributed by atoms with van der Waals surface area (Å²) < 4.78 is 22.7. The predicted molar refractivity (Wildman–Crippen MR) is 165 cm³/mol. The average molecular weight is 594 g/mol. The van der Waals surface area contributed by atoms with Gasteiger partial charge in [-0.25, -0.2) is 0 Å². The van der Waals surface area contributed by atoms with Crippen molar-refractivity contribution < 1.29 is 28.8 Å². The molecule has 0 saturated carbocycles. The zero-order chi connectivity index (χ0) is 29.7. The van der Waals surface area contributed by atoms with Gasteiger partial charge in [-0.1, -0.05) is 30.3 Å². The van der Waals surface area contributed by atoms with Gasteiger partial charge in [0.1, 0.15) is 36.2 Å². The number of carbonyl (C=O) groups excluding carboxylic acids is 1. The van der Waals surface area contributed by atoms with Crippen molar-refractivity contribution >= 4 is 17.4 Å². The van der Waals surface area contributed by atoms with Crippen molar-refractivity contribution in [1.82, 2.24) is 4.90 Å². The van der Waals surface area contributed by atoms with Gasteiger partial charge in [0.15, 0.2) is 5.78 Å². The van der Waals surface area contributed by atoms with E-state index in [0.717, 1.165) is 37.4 Å². The molecule has 3 aromatic carbocycles. The Kier molecular flexibility index (Phi) is 12.1. The van der Waals surface area contributed by atoms with E-state index >= 15 is 0 Å². The molecule has 0 amide bonds. The summed E-state index contributed by atoms with van der Waals surface area (Å²) in [5, 5.41) is 12.1. The number of ether oxygens (including phenoxy) is 4. The zero-order valence-electron chi connectivity index (χ0n) is 24.2. The number of Topliss-reactive ketones (excluding diaryl/α,β-unsaturated/α-hetero) is 1. The highest BCUT2D eigenvalue weighted by Gasteiger charge is 2.30. The van der Waals surface area contributed by atoms with Crippen LogP contribution in [0.3, 0.4) is 0 Å². The lowest BCUT2D eigenvalue weighted by atomic mass is 9.86. The normalized spacial score (nSPS) is 14.6. The quantitative estimate of drug-likeness (QED) is 0.141. The van der Waals surface area contributed by atoms with Gasteiger partial charge in [0.2, 0.25) is 0 Å². The third-order valence-corrected chi connectivity index (χ3v) is 7.48. The molecule has 0 aromatic heterocycles. The van der Waals surface area contributed by atoms with Crippen LogP contribution in [0.15, 0.2) is 84.9 Å². The number of rotatable bonds is 17. The first-order valence-corrected chi connectivity index (χ1v) is 14.9. The Balaban J connectivity index is 1.30. The van der Waals surface area contributed by atoms with Gasteiger partial charge in [-0.3, -0.25) is 4.79 Å². The maximum atomic E-state index is 13.2. The third-order valence-electron chi connectivity index (χ3n) is 7.23. The Hall–Kier alpha value is -3.52. The van der Waals surface area contributed by atoms with Gasteiger partial charge in [-0.15, -0.1) is 0 Å². The van der Waals surface area contributed by atoms with Crippen LogP contribution in [-0.2, 0) is 4.79 Å². The first-order chi connectivity index (χ1) is 20.4. The number of ketones is 1. The molecule has 8 heteroatoms. The van der Waals surface area contributed by atoms with Crippen molar-refractivity contribution in [3.63, 3.8) is 0 Å². The fourth-order valence-corrected chi connectivity index (χ4v) is 5.04. The van der Waals surface area contributed by atoms with Crippen molar-refractivity contribution in [2.45, 2.75) is 32.3 Å². The van der Waals surface area contributed by atoms with Gasteiger partial charge in [-0.2, -0.15) is 0 Å². The molecule has 0 radical (unpaired) electrons. The predicted octanol–water partition coefficient (Wildman–Crippen LogP) is 6.54. The number of halogens is 1. The second-order valence-corrected chi connectivity index (χ2v) is 10.7. The van der Waals surface area contributed by atoms with Gasteiger partial charge in [0.25, 0.3) is 0 Å². The van der Waals surface area contributed by atoms with Crippen LogP contribution in [0.4, 0.5) is 0 Å². The summed E-state index contributed by atoms with van der Waals surface area (Å²) in [6.07, 6.45) is 1.54. The molecule has 1 saturated heterocycles. The van der Waals surface area contributed by atoms with Crippen molar-refractivity contribution in [3.05, 3.63) is 95.5 Å². The fraction of sp³-hybridized carbons (Fsp3) is 0.382. The second kappa shape index (κ2) is 16.2. The highest BCUT2D eigenvalue weighted by atomic mass is 35.5. The van der Waals surface area contributed by atoms with Crippen LogP contribution in [-0.4, -0.2) is 61.9 Å². The lowest BCUT2D eigenvalue weighted by Crippen LogP contribution is -2.33. The topological polar surface area (TPSA) is 77.5 Å². The van der Waals surface area contributed by atoms with Crippen LogP contribution in [0, 0.1) is 5.92 Å². The molecule has 7 nitrogen and oxygen atoms in total. The summed E-state index contributed by atoms with van der Waals surface area (Å²) >= 11 is 5.90. The highest BCUT2D eigenvalue weighted by Crippen LogP contribution is 2.31. The fourth-order valence-electron chi connectivity index (χ4n) is 4.92. The number of aliphatic hydroxyl groups is 1. The van der Waals surface area contributed by atoms with Crippen molar-refractivity contribution in [2.24, 2.45) is 5.92 Å². The van der Waals surface area contributed by atoms with Crippen LogP contribution < -0.4 is 18.9 Å². The van der Waals surface area contributed by atoms with Gasteiger partial charge >= 0.3 is 0 Å². The minimum atomic E-state index is -0.878. The molecule has 4 rings (SSSR count). The Morgan fingerprint density at radius 2 is 1.29 bits per heavy atom. The van der Waals surface area contributed by atoms with E-state index in [-0.39, 0.29) is 18.8 Å². The molecule has 2 atom stereocenters. The smallest absolute Gasteiger partial charge is 0.162 e. The summed E-state index contributed by atoms with van der Waals surface area (Å²) in [5.41, 5.74) is 1.13. The van der Waals surface area contributed by atoms with Gasteiger partial charge in [-0.05, 0) is 105 Å². The first-order valence-electron chi connectivity index (χ1n) is 14.5. The lowest BCUT2D eigenvalue weighted by molar-refractivity contribution is -0.117. The SMILES string of the molecule is C=C(C(=O)CCOc1ccc(OCC)cc1)[C@H](CN1CCCC1)[C@H](O)c1ccc(OCCOc2ccc(Cl)cc2)cc1. The highest BCUT2D eigenvalue weighted by molar-refractivity contribution is 6.30. The Labute approximate surface area is 253 Å². The van der Waals surface area contributed by atoms with Crippen LogP contribution in [0.1, 0.15) is 37.9 Å². The molecule has 1 aliphatic heterocycles. The third kappa shape index (κ3) is 9.51. The molecule has 0 aliphatic carbocycles. The number of nitrogens with zero attached hydrogens (tertiary/aromatic N) is 1. The molecule has 1 aliphatic rings. The van der Waals surface area contributed by atoms with E-state index in [2.05, 4.69) is 11.5 Å². The summed E-state index contributed by atoms with van der Waals surface area (Å²) in [7, 11) is 0. The number of hydrogen-bond donors (Lipinski definition) is 1. The van der Waals surface area contributed by atoms with Gasteiger partial charge in [0.05, 0.1) is 19.3 Å². The summed E-state index contributed by atoms with van der Waals surface area (Å²) in [4.78, 5) is 15.5. The van der Waals surface area contributed by atoms with Crippen LogP contribution in [0.25, 0.3) is 0 Å². The number of carbonyl (C=O) groups is 1. The molecular formula is C34H40ClNO6. The summed E-state index contributed by atoms with van der Waals surface area (Å²) in [6, 6.07) is 21.8. The average Bonchev–Trinajstić information content (AvgIpc) is 3.53. The van der Waals surface area contributed by atoms with Crippen molar-refractivity contribution in [3.8, 4) is 23.0 Å². The number of benzene rings is 3. The first kappa shape index (κ1) is 31.4. The molecule has 224 valence electrons. The van der Waals surface area contributed by atoms with E-state index in [1.807, 2.05) is 67.6 Å². The Bertz CT molecular complexity index is 1260. The molecule has 0 bridgehead atoms. The van der Waals surface area contributed by atoms with Gasteiger partial charge in [0, 0.05) is 23.9 Å².